The van der Waals surface area contributed by atoms with Crippen molar-refractivity contribution in [2.45, 2.75) is 46.1 Å². The lowest BCUT2D eigenvalue weighted by atomic mass is 9.89. The van der Waals surface area contributed by atoms with E-state index in [1.165, 1.54) is 30.4 Å². The van der Waals surface area contributed by atoms with Crippen molar-refractivity contribution in [2.24, 2.45) is 5.41 Å². The topological polar surface area (TPSA) is 46.9 Å². The first-order valence-electron chi connectivity index (χ1n) is 6.55. The number of aromatic nitrogens is 2. The van der Waals surface area contributed by atoms with Crippen LogP contribution in [0.25, 0.3) is 0 Å². The van der Waals surface area contributed by atoms with Crippen LogP contribution in [0.2, 0.25) is 0 Å². The first-order valence-corrected chi connectivity index (χ1v) is 7.34. The molecule has 1 fully saturated rings. The minimum atomic E-state index is -0.0703. The first kappa shape index (κ1) is 13.6. The Hall–Kier alpha value is -0.840. The van der Waals surface area contributed by atoms with E-state index in [9.17, 15) is 4.79 Å². The van der Waals surface area contributed by atoms with Gasteiger partial charge in [-0.2, -0.15) is 5.10 Å². The zero-order chi connectivity index (χ0) is 13.2. The molecule has 18 heavy (non-hydrogen) atoms. The summed E-state index contributed by atoms with van der Waals surface area (Å²) < 4.78 is 2.04. The van der Waals surface area contributed by atoms with Crippen molar-refractivity contribution in [3.63, 3.8) is 0 Å². The standard InChI is InChI=1S/C13H20BrN3O/c1-3-17-12(18)11(14)10(8-16-17)15-9-13(2)6-4-5-7-13/h8,15H,3-7,9H2,1-2H3. The van der Waals surface area contributed by atoms with Crippen LogP contribution in [0.3, 0.4) is 0 Å². The Morgan fingerprint density at radius 2 is 2.17 bits per heavy atom. The van der Waals surface area contributed by atoms with E-state index in [4.69, 9.17) is 0 Å². The lowest BCUT2D eigenvalue weighted by molar-refractivity contribution is 0.362. The van der Waals surface area contributed by atoms with E-state index >= 15 is 0 Å². The summed E-state index contributed by atoms with van der Waals surface area (Å²) in [6.07, 6.45) is 6.88. The number of anilines is 1. The molecule has 1 N–H and O–H groups in total. The van der Waals surface area contributed by atoms with Crippen LogP contribution >= 0.6 is 15.9 Å². The monoisotopic (exact) mass is 313 g/mol. The van der Waals surface area contributed by atoms with Crippen molar-refractivity contribution in [3.8, 4) is 0 Å². The highest BCUT2D eigenvalue weighted by Crippen LogP contribution is 2.37. The highest BCUT2D eigenvalue weighted by Gasteiger charge is 2.28. The number of nitrogens with one attached hydrogen (secondary N) is 1. The maximum Gasteiger partial charge on any atom is 0.283 e. The van der Waals surface area contributed by atoms with Gasteiger partial charge in [-0.3, -0.25) is 4.79 Å². The van der Waals surface area contributed by atoms with Gasteiger partial charge in [-0.1, -0.05) is 19.8 Å². The van der Waals surface area contributed by atoms with Crippen molar-refractivity contribution in [1.29, 1.82) is 0 Å². The number of rotatable bonds is 4. The minimum absolute atomic E-state index is 0.0703. The van der Waals surface area contributed by atoms with E-state index in [0.717, 1.165) is 12.2 Å². The summed E-state index contributed by atoms with van der Waals surface area (Å²) in [6.45, 7) is 5.72. The summed E-state index contributed by atoms with van der Waals surface area (Å²) in [5, 5.41) is 7.50. The Balaban J connectivity index is 2.10. The van der Waals surface area contributed by atoms with Crippen LogP contribution in [0.1, 0.15) is 39.5 Å². The lowest BCUT2D eigenvalue weighted by Gasteiger charge is -2.24. The molecule has 5 heteroatoms. The van der Waals surface area contributed by atoms with Crippen LogP contribution in [0.15, 0.2) is 15.5 Å². The Kier molecular flexibility index (Phi) is 4.10. The zero-order valence-electron chi connectivity index (χ0n) is 11.0. The molecule has 0 aliphatic heterocycles. The fraction of sp³-hybridized carbons (Fsp3) is 0.692. The summed E-state index contributed by atoms with van der Waals surface area (Å²) in [7, 11) is 0. The summed E-state index contributed by atoms with van der Waals surface area (Å²) >= 11 is 3.36. The van der Waals surface area contributed by atoms with Crippen molar-refractivity contribution in [2.75, 3.05) is 11.9 Å². The van der Waals surface area contributed by atoms with Crippen LogP contribution in [0.5, 0.6) is 0 Å². The highest BCUT2D eigenvalue weighted by atomic mass is 79.9. The summed E-state index contributed by atoms with van der Waals surface area (Å²) in [5.41, 5.74) is 1.09. The fourth-order valence-corrected chi connectivity index (χ4v) is 2.97. The molecule has 0 amide bonds. The number of aryl methyl sites for hydroxylation is 1. The maximum atomic E-state index is 11.9. The second kappa shape index (κ2) is 5.43. The van der Waals surface area contributed by atoms with Gasteiger partial charge in [0.15, 0.2) is 0 Å². The third kappa shape index (κ3) is 2.76. The van der Waals surface area contributed by atoms with E-state index in [2.05, 4.69) is 33.3 Å². The summed E-state index contributed by atoms with van der Waals surface area (Å²) in [5.74, 6) is 0. The molecule has 1 aromatic heterocycles. The lowest BCUT2D eigenvalue weighted by Crippen LogP contribution is -2.27. The molecular formula is C13H20BrN3O. The first-order chi connectivity index (χ1) is 8.56. The largest absolute Gasteiger partial charge is 0.382 e. The molecule has 1 heterocycles. The Morgan fingerprint density at radius 3 is 2.78 bits per heavy atom. The molecule has 4 nitrogen and oxygen atoms in total. The van der Waals surface area contributed by atoms with Gasteiger partial charge in [0.2, 0.25) is 0 Å². The van der Waals surface area contributed by atoms with E-state index < -0.39 is 0 Å². The van der Waals surface area contributed by atoms with Crippen LogP contribution in [0, 0.1) is 5.41 Å². The Labute approximate surface area is 116 Å². The van der Waals surface area contributed by atoms with Crippen LogP contribution < -0.4 is 10.9 Å². The smallest absolute Gasteiger partial charge is 0.283 e. The molecular weight excluding hydrogens is 294 g/mol. The SMILES string of the molecule is CCn1ncc(NCC2(C)CCCC2)c(Br)c1=O. The molecule has 2 rings (SSSR count). The van der Waals surface area contributed by atoms with E-state index in [1.54, 1.807) is 6.20 Å². The van der Waals surface area contributed by atoms with Crippen molar-refractivity contribution in [3.05, 3.63) is 21.0 Å². The second-order valence-electron chi connectivity index (χ2n) is 5.36. The van der Waals surface area contributed by atoms with Gasteiger partial charge in [-0.15, -0.1) is 0 Å². The van der Waals surface area contributed by atoms with Crippen molar-refractivity contribution >= 4 is 21.6 Å². The zero-order valence-corrected chi connectivity index (χ0v) is 12.6. The average Bonchev–Trinajstić information content (AvgIpc) is 2.79. The van der Waals surface area contributed by atoms with Gasteiger partial charge in [0.25, 0.3) is 5.56 Å². The number of hydrogen-bond acceptors (Lipinski definition) is 3. The predicted octanol–water partition coefficient (Wildman–Crippen LogP) is 3.02. The molecule has 0 atom stereocenters. The van der Waals surface area contributed by atoms with Gasteiger partial charge in [0, 0.05) is 13.1 Å². The van der Waals surface area contributed by atoms with E-state index in [0.29, 0.717) is 16.4 Å². The van der Waals surface area contributed by atoms with Gasteiger partial charge in [0.1, 0.15) is 4.47 Å². The normalized spacial score (nSPS) is 17.9. The molecule has 0 spiro atoms. The molecule has 100 valence electrons. The predicted molar refractivity (Wildman–Crippen MR) is 76.9 cm³/mol. The third-order valence-corrected chi connectivity index (χ3v) is 4.57. The van der Waals surface area contributed by atoms with Gasteiger partial charge >= 0.3 is 0 Å². The molecule has 1 aliphatic carbocycles. The van der Waals surface area contributed by atoms with E-state index in [1.807, 2.05) is 6.92 Å². The number of halogens is 1. The maximum absolute atomic E-state index is 11.9. The number of hydrogen-bond donors (Lipinski definition) is 1. The van der Waals surface area contributed by atoms with Crippen LogP contribution in [0.4, 0.5) is 5.69 Å². The number of nitrogens with zero attached hydrogens (tertiary/aromatic N) is 2. The molecule has 0 bridgehead atoms. The van der Waals surface area contributed by atoms with Gasteiger partial charge in [-0.05, 0) is 41.1 Å². The van der Waals surface area contributed by atoms with Crippen molar-refractivity contribution in [1.82, 2.24) is 9.78 Å². The van der Waals surface area contributed by atoms with Crippen molar-refractivity contribution < 1.29 is 0 Å². The molecule has 1 aliphatic rings. The summed E-state index contributed by atoms with van der Waals surface area (Å²) in [4.78, 5) is 11.9. The summed E-state index contributed by atoms with van der Waals surface area (Å²) in [6, 6.07) is 0. The molecule has 1 saturated carbocycles. The quantitative estimate of drug-likeness (QED) is 0.929. The Bertz CT molecular complexity index is 478. The Morgan fingerprint density at radius 1 is 1.50 bits per heavy atom. The van der Waals surface area contributed by atoms with Gasteiger partial charge < -0.3 is 5.32 Å². The second-order valence-corrected chi connectivity index (χ2v) is 6.16. The third-order valence-electron chi connectivity index (χ3n) is 3.80. The molecule has 0 unspecified atom stereocenters. The van der Waals surface area contributed by atoms with Gasteiger partial charge in [-0.25, -0.2) is 4.68 Å². The minimum Gasteiger partial charge on any atom is -0.382 e. The van der Waals surface area contributed by atoms with Gasteiger partial charge in [0.05, 0.1) is 11.9 Å². The van der Waals surface area contributed by atoms with E-state index in [-0.39, 0.29) is 5.56 Å². The highest BCUT2D eigenvalue weighted by molar-refractivity contribution is 9.10. The molecule has 0 radical (unpaired) electrons. The van der Waals surface area contributed by atoms with Crippen LogP contribution in [-0.2, 0) is 6.54 Å². The molecule has 1 aromatic rings. The fourth-order valence-electron chi connectivity index (χ4n) is 2.53. The molecule has 0 aromatic carbocycles. The van der Waals surface area contributed by atoms with Crippen LogP contribution in [-0.4, -0.2) is 16.3 Å². The molecule has 0 saturated heterocycles. The average molecular weight is 314 g/mol.